The molecule has 0 aliphatic rings. The lowest BCUT2D eigenvalue weighted by Crippen LogP contribution is -2.23. The first-order valence-corrected chi connectivity index (χ1v) is 10.1. The number of pyridine rings is 1. The monoisotopic (exact) mass is 415 g/mol. The van der Waals surface area contributed by atoms with E-state index in [1.165, 1.54) is 55.6 Å². The first-order valence-electron chi connectivity index (χ1n) is 8.57. The van der Waals surface area contributed by atoms with Crippen LogP contribution in [0.25, 0.3) is 0 Å². The van der Waals surface area contributed by atoms with Gasteiger partial charge in [-0.2, -0.15) is 0 Å². The van der Waals surface area contributed by atoms with E-state index in [1.54, 1.807) is 18.2 Å². The van der Waals surface area contributed by atoms with Gasteiger partial charge >= 0.3 is 0 Å². The number of sulfonamides is 1. The van der Waals surface area contributed by atoms with Crippen molar-refractivity contribution in [1.82, 2.24) is 9.71 Å². The molecule has 29 heavy (non-hydrogen) atoms. The van der Waals surface area contributed by atoms with Gasteiger partial charge in [-0.1, -0.05) is 12.1 Å². The number of ether oxygens (including phenoxy) is 1. The third-order valence-electron chi connectivity index (χ3n) is 3.77. The van der Waals surface area contributed by atoms with Crippen LogP contribution in [0.1, 0.15) is 12.5 Å². The fraction of sp³-hybridized carbons (Fsp3) is 0.100. The highest BCUT2D eigenvalue weighted by Crippen LogP contribution is 2.20. The van der Waals surface area contributed by atoms with E-state index in [0.29, 0.717) is 17.0 Å². The smallest absolute Gasteiger partial charge is 0.240 e. The Bertz CT molecular complexity index is 1100. The van der Waals surface area contributed by atoms with Gasteiger partial charge in [-0.3, -0.25) is 4.79 Å². The van der Waals surface area contributed by atoms with Gasteiger partial charge in [0.2, 0.25) is 21.8 Å². The molecule has 150 valence electrons. The Balaban J connectivity index is 1.60. The zero-order valence-corrected chi connectivity index (χ0v) is 16.2. The van der Waals surface area contributed by atoms with Crippen molar-refractivity contribution in [2.45, 2.75) is 18.4 Å². The Labute approximate surface area is 167 Å². The van der Waals surface area contributed by atoms with Crippen molar-refractivity contribution in [3.63, 3.8) is 0 Å². The molecule has 2 N–H and O–H groups in total. The van der Waals surface area contributed by atoms with E-state index in [4.69, 9.17) is 4.74 Å². The molecule has 1 heterocycles. The molecular formula is C20H18FN3O4S. The molecular weight excluding hydrogens is 397 g/mol. The van der Waals surface area contributed by atoms with Crippen molar-refractivity contribution in [3.8, 4) is 11.6 Å². The number of rotatable bonds is 7. The van der Waals surface area contributed by atoms with Gasteiger partial charge in [0, 0.05) is 37.5 Å². The number of carbonyl (C=O) groups is 1. The fourth-order valence-corrected chi connectivity index (χ4v) is 3.43. The molecule has 0 radical (unpaired) electrons. The first-order chi connectivity index (χ1) is 13.8. The number of aromatic nitrogens is 1. The maximum absolute atomic E-state index is 13.2. The first kappa shape index (κ1) is 20.4. The number of halogens is 1. The van der Waals surface area contributed by atoms with E-state index < -0.39 is 15.8 Å². The SMILES string of the molecule is CC(=O)Nc1ccc(S(=O)(=O)NCc2ccc(Oc3cccc(F)c3)nc2)cc1. The quantitative estimate of drug-likeness (QED) is 0.616. The summed E-state index contributed by atoms with van der Waals surface area (Å²) >= 11 is 0. The minimum Gasteiger partial charge on any atom is -0.439 e. The van der Waals surface area contributed by atoms with E-state index in [2.05, 4.69) is 15.0 Å². The molecule has 7 nitrogen and oxygen atoms in total. The average molecular weight is 415 g/mol. The van der Waals surface area contributed by atoms with Crippen molar-refractivity contribution in [1.29, 1.82) is 0 Å². The second kappa shape index (κ2) is 8.80. The number of nitrogens with one attached hydrogen (secondary N) is 2. The summed E-state index contributed by atoms with van der Waals surface area (Å²) in [5, 5.41) is 2.57. The van der Waals surface area contributed by atoms with Crippen LogP contribution in [0.2, 0.25) is 0 Å². The predicted octanol–water partition coefficient (Wildman–Crippen LogP) is 3.45. The van der Waals surface area contributed by atoms with Crippen molar-refractivity contribution in [3.05, 3.63) is 78.2 Å². The average Bonchev–Trinajstić information content (AvgIpc) is 2.67. The van der Waals surface area contributed by atoms with Crippen molar-refractivity contribution < 1.29 is 22.3 Å². The van der Waals surface area contributed by atoms with Crippen LogP contribution in [0, 0.1) is 5.82 Å². The number of nitrogens with zero attached hydrogens (tertiary/aromatic N) is 1. The molecule has 1 aromatic heterocycles. The van der Waals surface area contributed by atoms with Crippen LogP contribution >= 0.6 is 0 Å². The molecule has 3 rings (SSSR count). The predicted molar refractivity (Wildman–Crippen MR) is 105 cm³/mol. The van der Waals surface area contributed by atoms with Crippen LogP contribution in [0.4, 0.5) is 10.1 Å². The largest absolute Gasteiger partial charge is 0.439 e. The summed E-state index contributed by atoms with van der Waals surface area (Å²) in [6, 6.07) is 14.7. The Morgan fingerprint density at radius 1 is 1.10 bits per heavy atom. The van der Waals surface area contributed by atoms with Crippen LogP contribution in [0.5, 0.6) is 11.6 Å². The minimum atomic E-state index is -3.73. The van der Waals surface area contributed by atoms with Gasteiger partial charge < -0.3 is 10.1 Å². The second-order valence-electron chi connectivity index (χ2n) is 6.09. The maximum Gasteiger partial charge on any atom is 0.240 e. The van der Waals surface area contributed by atoms with Crippen LogP contribution in [-0.4, -0.2) is 19.3 Å². The van der Waals surface area contributed by atoms with Gasteiger partial charge in [-0.15, -0.1) is 0 Å². The highest BCUT2D eigenvalue weighted by molar-refractivity contribution is 7.89. The van der Waals surface area contributed by atoms with E-state index in [1.807, 2.05) is 0 Å². The summed E-state index contributed by atoms with van der Waals surface area (Å²) in [6.07, 6.45) is 1.47. The number of amides is 1. The van der Waals surface area contributed by atoms with E-state index in [0.717, 1.165) is 0 Å². The second-order valence-corrected chi connectivity index (χ2v) is 7.86. The zero-order chi connectivity index (χ0) is 20.9. The fourth-order valence-electron chi connectivity index (χ4n) is 2.41. The standard InChI is InChI=1S/C20H18FN3O4S/c1-14(25)24-17-6-8-19(9-7-17)29(26,27)23-13-15-5-10-20(22-12-15)28-18-4-2-3-16(21)11-18/h2-12,23H,13H2,1H3,(H,24,25). The number of hydrogen-bond donors (Lipinski definition) is 2. The lowest BCUT2D eigenvalue weighted by atomic mass is 10.3. The Morgan fingerprint density at radius 3 is 2.48 bits per heavy atom. The summed E-state index contributed by atoms with van der Waals surface area (Å²) in [5.74, 6) is -0.0841. The minimum absolute atomic E-state index is 0.0308. The maximum atomic E-state index is 13.2. The summed E-state index contributed by atoms with van der Waals surface area (Å²) in [4.78, 5) is 15.2. The Hall–Kier alpha value is -3.30. The molecule has 3 aromatic rings. The Morgan fingerprint density at radius 2 is 1.86 bits per heavy atom. The molecule has 0 aliphatic heterocycles. The zero-order valence-electron chi connectivity index (χ0n) is 15.4. The van der Waals surface area contributed by atoms with E-state index >= 15 is 0 Å². The van der Waals surface area contributed by atoms with E-state index in [-0.39, 0.29) is 23.2 Å². The van der Waals surface area contributed by atoms with Gasteiger partial charge in [0.1, 0.15) is 11.6 Å². The highest BCUT2D eigenvalue weighted by atomic mass is 32.2. The van der Waals surface area contributed by atoms with Crippen LogP contribution < -0.4 is 14.8 Å². The number of hydrogen-bond acceptors (Lipinski definition) is 5. The van der Waals surface area contributed by atoms with Crippen LogP contribution in [0.15, 0.2) is 71.8 Å². The Kier molecular flexibility index (Phi) is 6.20. The molecule has 2 aromatic carbocycles. The third-order valence-corrected chi connectivity index (χ3v) is 5.18. The molecule has 0 unspecified atom stereocenters. The normalized spacial score (nSPS) is 11.1. The lowest BCUT2D eigenvalue weighted by Gasteiger charge is -2.09. The summed E-state index contributed by atoms with van der Waals surface area (Å²) in [5.41, 5.74) is 1.13. The number of anilines is 1. The third kappa shape index (κ3) is 5.84. The van der Waals surface area contributed by atoms with Crippen LogP contribution in [-0.2, 0) is 21.4 Å². The van der Waals surface area contributed by atoms with Gasteiger partial charge in [0.25, 0.3) is 0 Å². The number of carbonyl (C=O) groups excluding carboxylic acids is 1. The van der Waals surface area contributed by atoms with Gasteiger partial charge in [-0.05, 0) is 42.0 Å². The molecule has 0 saturated carbocycles. The molecule has 9 heteroatoms. The van der Waals surface area contributed by atoms with Crippen molar-refractivity contribution >= 4 is 21.6 Å². The summed E-state index contributed by atoms with van der Waals surface area (Å²) < 4.78 is 45.9. The van der Waals surface area contributed by atoms with Gasteiger partial charge in [0.05, 0.1) is 4.90 Å². The molecule has 0 saturated heterocycles. The van der Waals surface area contributed by atoms with Gasteiger partial charge in [-0.25, -0.2) is 22.5 Å². The lowest BCUT2D eigenvalue weighted by molar-refractivity contribution is -0.114. The summed E-state index contributed by atoms with van der Waals surface area (Å²) in [7, 11) is -3.73. The molecule has 0 aliphatic carbocycles. The molecule has 0 atom stereocenters. The molecule has 1 amide bonds. The van der Waals surface area contributed by atoms with Gasteiger partial charge in [0.15, 0.2) is 0 Å². The van der Waals surface area contributed by atoms with Crippen LogP contribution in [0.3, 0.4) is 0 Å². The molecule has 0 spiro atoms. The molecule has 0 bridgehead atoms. The summed E-state index contributed by atoms with van der Waals surface area (Å²) in [6.45, 7) is 1.40. The van der Waals surface area contributed by atoms with Crippen molar-refractivity contribution in [2.75, 3.05) is 5.32 Å². The number of benzene rings is 2. The topological polar surface area (TPSA) is 97.4 Å². The van der Waals surface area contributed by atoms with Crippen molar-refractivity contribution in [2.24, 2.45) is 0 Å². The highest BCUT2D eigenvalue weighted by Gasteiger charge is 2.14. The molecule has 0 fully saturated rings. The van der Waals surface area contributed by atoms with E-state index in [9.17, 15) is 17.6 Å².